The summed E-state index contributed by atoms with van der Waals surface area (Å²) in [5.74, 6) is 1.17. The van der Waals surface area contributed by atoms with Crippen LogP contribution in [0.25, 0.3) is 0 Å². The summed E-state index contributed by atoms with van der Waals surface area (Å²) in [7, 11) is 0. The summed E-state index contributed by atoms with van der Waals surface area (Å²) in [4.78, 5) is 12.3. The number of rotatable bonds is 1. The zero-order chi connectivity index (χ0) is 14.3. The highest BCUT2D eigenvalue weighted by Gasteiger charge is 2.41. The van der Waals surface area contributed by atoms with Gasteiger partial charge in [-0.3, -0.25) is 4.79 Å². The van der Waals surface area contributed by atoms with E-state index in [1.807, 2.05) is 0 Å². The van der Waals surface area contributed by atoms with Gasteiger partial charge in [-0.25, -0.2) is 0 Å². The first-order chi connectivity index (χ1) is 9.58. The van der Waals surface area contributed by atoms with Crippen LogP contribution in [0.1, 0.15) is 42.5 Å². The molecule has 1 aliphatic heterocycles. The lowest BCUT2D eigenvalue weighted by molar-refractivity contribution is 0.0693. The number of halogens is 3. The number of fused-ring (bicyclic) bond motifs is 1. The van der Waals surface area contributed by atoms with E-state index in [-0.39, 0.29) is 16.7 Å². The van der Waals surface area contributed by atoms with Gasteiger partial charge in [-0.15, -0.1) is 0 Å². The summed E-state index contributed by atoms with van der Waals surface area (Å²) in [5, 5.41) is 0.545. The summed E-state index contributed by atoms with van der Waals surface area (Å²) >= 11 is 13.0. The van der Waals surface area contributed by atoms with Gasteiger partial charge in [0.25, 0.3) is 0 Å². The molecule has 2 nitrogen and oxygen atoms in total. The number of alkyl halides is 1. The Bertz CT molecular complexity index is 541. The van der Waals surface area contributed by atoms with Crippen LogP contribution >= 0.6 is 43.5 Å². The first-order valence-electron chi connectivity index (χ1n) is 6.92. The Balaban J connectivity index is 1.95. The van der Waals surface area contributed by atoms with Gasteiger partial charge in [0.1, 0.15) is 16.7 Å². The van der Waals surface area contributed by atoms with Crippen molar-refractivity contribution in [1.29, 1.82) is 0 Å². The zero-order valence-corrected chi connectivity index (χ0v) is 14.8. The van der Waals surface area contributed by atoms with Crippen molar-refractivity contribution in [2.24, 2.45) is 5.92 Å². The molecule has 0 bridgehead atoms. The van der Waals surface area contributed by atoms with Gasteiger partial charge >= 0.3 is 0 Å². The first-order valence-corrected chi connectivity index (χ1v) is 9.00. The number of Topliss-reactive ketones (excluding diaryl/α,β-unsaturated/α-hetero) is 1. The van der Waals surface area contributed by atoms with E-state index in [1.54, 1.807) is 12.1 Å². The quantitative estimate of drug-likeness (QED) is 0.567. The molecule has 5 heteroatoms. The fraction of sp³-hybridized carbons (Fsp3) is 0.533. The van der Waals surface area contributed by atoms with Crippen molar-refractivity contribution in [3.63, 3.8) is 0 Å². The van der Waals surface area contributed by atoms with Crippen LogP contribution in [0.3, 0.4) is 0 Å². The molecule has 3 rings (SSSR count). The molecule has 0 radical (unpaired) electrons. The average molecular weight is 423 g/mol. The van der Waals surface area contributed by atoms with Crippen molar-refractivity contribution in [3.8, 4) is 5.75 Å². The summed E-state index contributed by atoms with van der Waals surface area (Å²) < 4.78 is 6.92. The van der Waals surface area contributed by atoms with Crippen LogP contribution < -0.4 is 4.74 Å². The number of hydrogen-bond acceptors (Lipinski definition) is 2. The topological polar surface area (TPSA) is 26.3 Å². The van der Waals surface area contributed by atoms with E-state index in [4.69, 9.17) is 16.3 Å². The second-order valence-corrected chi connectivity index (χ2v) is 7.79. The Kier molecular flexibility index (Phi) is 4.44. The van der Waals surface area contributed by atoms with Crippen molar-refractivity contribution in [2.75, 3.05) is 0 Å². The van der Waals surface area contributed by atoms with Crippen LogP contribution in [-0.2, 0) is 0 Å². The minimum Gasteiger partial charge on any atom is -0.487 e. The molecule has 108 valence electrons. The van der Waals surface area contributed by atoms with Crippen molar-refractivity contribution in [1.82, 2.24) is 0 Å². The van der Waals surface area contributed by atoms with E-state index in [0.717, 1.165) is 17.3 Å². The fourth-order valence-electron chi connectivity index (χ4n) is 3.15. The van der Waals surface area contributed by atoms with Gasteiger partial charge in [0.05, 0.1) is 10.0 Å². The zero-order valence-electron chi connectivity index (χ0n) is 10.9. The van der Waals surface area contributed by atoms with Gasteiger partial charge < -0.3 is 4.74 Å². The van der Waals surface area contributed by atoms with Crippen LogP contribution in [0.2, 0.25) is 5.02 Å². The molecule has 1 heterocycles. The molecule has 0 unspecified atom stereocenters. The molecule has 1 aliphatic carbocycles. The van der Waals surface area contributed by atoms with E-state index >= 15 is 0 Å². The largest absolute Gasteiger partial charge is 0.487 e. The normalized spacial score (nSPS) is 27.1. The third kappa shape index (κ3) is 2.67. The van der Waals surface area contributed by atoms with E-state index < -0.39 is 0 Å². The molecule has 1 saturated carbocycles. The predicted octanol–water partition coefficient (Wildman–Crippen LogP) is 5.39. The van der Waals surface area contributed by atoms with Gasteiger partial charge in [-0.1, -0.05) is 46.8 Å². The molecular formula is C15H15Br2ClO2. The summed E-state index contributed by atoms with van der Waals surface area (Å²) in [6.07, 6.45) is 5.95. The SMILES string of the molecule is O=C1c2cc(Cl)cc(Br)c2O[C@@H](C2CCCCC2)[C@H]1Br. The number of carbonyl (C=O) groups is 1. The van der Waals surface area contributed by atoms with Gasteiger partial charge in [-0.2, -0.15) is 0 Å². The highest BCUT2D eigenvalue weighted by Crippen LogP contribution is 2.42. The lowest BCUT2D eigenvalue weighted by atomic mass is 9.82. The number of carbonyl (C=O) groups excluding carboxylic acids is 1. The lowest BCUT2D eigenvalue weighted by Gasteiger charge is -2.37. The molecule has 1 aromatic rings. The molecule has 2 aliphatic rings. The average Bonchev–Trinajstić information content (AvgIpc) is 2.44. The maximum atomic E-state index is 12.6. The Hall–Kier alpha value is -0.0600. The second-order valence-electron chi connectivity index (χ2n) is 5.51. The standard InChI is InChI=1S/C15H15Br2ClO2/c16-11-7-9(18)6-10-13(19)12(17)14(20-15(10)11)8-4-2-1-3-5-8/h6-8,12,14H,1-5H2/t12-,14-/m0/s1. The van der Waals surface area contributed by atoms with Crippen molar-refractivity contribution >= 4 is 49.2 Å². The molecule has 20 heavy (non-hydrogen) atoms. The predicted molar refractivity (Wildman–Crippen MR) is 87.2 cm³/mol. The van der Waals surface area contributed by atoms with Gasteiger partial charge in [0.15, 0.2) is 5.78 Å². The minimum absolute atomic E-state index is 0.0741. The second kappa shape index (κ2) is 5.98. The molecule has 0 amide bonds. The molecule has 0 aromatic heterocycles. The van der Waals surface area contributed by atoms with E-state index in [0.29, 0.717) is 22.3 Å². The molecular weight excluding hydrogens is 407 g/mol. The van der Waals surface area contributed by atoms with Crippen LogP contribution in [-0.4, -0.2) is 16.7 Å². The molecule has 2 atom stereocenters. The third-order valence-electron chi connectivity index (χ3n) is 4.18. The Morgan fingerprint density at radius 1 is 1.20 bits per heavy atom. The monoisotopic (exact) mass is 420 g/mol. The molecule has 0 saturated heterocycles. The van der Waals surface area contributed by atoms with Gasteiger partial charge in [-0.05, 0) is 46.8 Å². The van der Waals surface area contributed by atoms with Crippen molar-refractivity contribution in [3.05, 3.63) is 27.2 Å². The van der Waals surface area contributed by atoms with Crippen LogP contribution in [0.5, 0.6) is 5.75 Å². The highest BCUT2D eigenvalue weighted by molar-refractivity contribution is 9.10. The lowest BCUT2D eigenvalue weighted by Crippen LogP contribution is -2.44. The van der Waals surface area contributed by atoms with Crippen LogP contribution in [0.4, 0.5) is 0 Å². The van der Waals surface area contributed by atoms with E-state index in [2.05, 4.69) is 31.9 Å². The Morgan fingerprint density at radius 3 is 2.60 bits per heavy atom. The van der Waals surface area contributed by atoms with Gasteiger partial charge in [0, 0.05) is 5.02 Å². The number of benzene rings is 1. The van der Waals surface area contributed by atoms with E-state index in [9.17, 15) is 4.79 Å². The number of hydrogen-bond donors (Lipinski definition) is 0. The van der Waals surface area contributed by atoms with Gasteiger partial charge in [0.2, 0.25) is 0 Å². The van der Waals surface area contributed by atoms with Crippen LogP contribution in [0.15, 0.2) is 16.6 Å². The van der Waals surface area contributed by atoms with E-state index in [1.165, 1.54) is 19.3 Å². The highest BCUT2D eigenvalue weighted by atomic mass is 79.9. The number of ether oxygens (including phenoxy) is 1. The third-order valence-corrected chi connectivity index (χ3v) is 5.93. The summed E-state index contributed by atoms with van der Waals surface area (Å²) in [5.41, 5.74) is 0.568. The first kappa shape index (κ1) is 14.9. The van der Waals surface area contributed by atoms with Crippen molar-refractivity contribution in [2.45, 2.75) is 43.0 Å². The summed E-state index contributed by atoms with van der Waals surface area (Å²) in [6.45, 7) is 0. The molecule has 0 N–H and O–H groups in total. The fourth-order valence-corrected chi connectivity index (χ4v) is 4.84. The smallest absolute Gasteiger partial charge is 0.184 e. The Morgan fingerprint density at radius 2 is 1.90 bits per heavy atom. The summed E-state index contributed by atoms with van der Waals surface area (Å²) in [6, 6.07) is 3.47. The minimum atomic E-state index is -0.275. The molecule has 1 fully saturated rings. The number of ketones is 1. The molecule has 0 spiro atoms. The van der Waals surface area contributed by atoms with Crippen LogP contribution in [0, 0.1) is 5.92 Å². The maximum Gasteiger partial charge on any atom is 0.184 e. The van der Waals surface area contributed by atoms with Crippen molar-refractivity contribution < 1.29 is 9.53 Å². The Labute approximate surface area is 140 Å². The maximum absolute atomic E-state index is 12.6. The molecule has 1 aromatic carbocycles.